The predicted molar refractivity (Wildman–Crippen MR) is 62.4 cm³/mol. The molecule has 15 heavy (non-hydrogen) atoms. The van der Waals surface area contributed by atoms with E-state index in [0.717, 1.165) is 13.0 Å². The first-order valence-electron chi connectivity index (χ1n) is 6.42. The molecule has 0 saturated carbocycles. The Morgan fingerprint density at radius 1 is 1.00 bits per heavy atom. The van der Waals surface area contributed by atoms with Gasteiger partial charge in [0, 0.05) is 0 Å². The third kappa shape index (κ3) is 5.50. The van der Waals surface area contributed by atoms with E-state index in [1.807, 2.05) is 0 Å². The standard InChI is InChI=1S/C12H25NO2/c1-2-3-4-5-6-7-8-13(14)9-11-15-12-10-13/h2-12H2,1H3. The monoisotopic (exact) mass is 215 g/mol. The van der Waals surface area contributed by atoms with E-state index < -0.39 is 0 Å². The van der Waals surface area contributed by atoms with Crippen LogP contribution in [-0.2, 0) is 4.74 Å². The topological polar surface area (TPSA) is 32.3 Å². The Kier molecular flexibility index (Phi) is 6.22. The molecule has 0 atom stereocenters. The quantitative estimate of drug-likeness (QED) is 0.371. The van der Waals surface area contributed by atoms with Gasteiger partial charge in [-0.1, -0.05) is 32.6 Å². The number of hydrogen-bond donors (Lipinski definition) is 0. The van der Waals surface area contributed by atoms with Crippen LogP contribution in [0.2, 0.25) is 0 Å². The summed E-state index contributed by atoms with van der Waals surface area (Å²) in [7, 11) is 0. The lowest BCUT2D eigenvalue weighted by molar-refractivity contribution is -0.888. The van der Waals surface area contributed by atoms with Crippen molar-refractivity contribution in [3.63, 3.8) is 0 Å². The van der Waals surface area contributed by atoms with Gasteiger partial charge in [0.15, 0.2) is 0 Å². The highest BCUT2D eigenvalue weighted by Gasteiger charge is 2.19. The second-order valence-electron chi connectivity index (χ2n) is 4.61. The highest BCUT2D eigenvalue weighted by Crippen LogP contribution is 2.13. The lowest BCUT2D eigenvalue weighted by Gasteiger charge is -2.45. The molecule has 0 radical (unpaired) electrons. The van der Waals surface area contributed by atoms with Crippen molar-refractivity contribution in [2.24, 2.45) is 0 Å². The van der Waals surface area contributed by atoms with Crippen molar-refractivity contribution in [1.29, 1.82) is 0 Å². The predicted octanol–water partition coefficient (Wildman–Crippen LogP) is 2.69. The van der Waals surface area contributed by atoms with E-state index in [4.69, 9.17) is 4.74 Å². The van der Waals surface area contributed by atoms with Gasteiger partial charge in [-0.15, -0.1) is 0 Å². The van der Waals surface area contributed by atoms with Crippen LogP contribution in [0.15, 0.2) is 0 Å². The molecule has 0 bridgehead atoms. The Hall–Kier alpha value is -0.120. The highest BCUT2D eigenvalue weighted by atomic mass is 16.6. The highest BCUT2D eigenvalue weighted by molar-refractivity contribution is 4.52. The fourth-order valence-electron chi connectivity index (χ4n) is 2.08. The number of ether oxygens (including phenoxy) is 1. The second kappa shape index (κ2) is 7.20. The molecule has 1 fully saturated rings. The van der Waals surface area contributed by atoms with Gasteiger partial charge in [0.25, 0.3) is 0 Å². The molecule has 0 unspecified atom stereocenters. The normalized spacial score (nSPS) is 20.4. The van der Waals surface area contributed by atoms with Crippen LogP contribution in [0.3, 0.4) is 0 Å². The molecular formula is C12H25NO2. The molecule has 90 valence electrons. The summed E-state index contributed by atoms with van der Waals surface area (Å²) in [5.74, 6) is 0. The van der Waals surface area contributed by atoms with E-state index >= 15 is 0 Å². The van der Waals surface area contributed by atoms with Crippen molar-refractivity contribution >= 4 is 0 Å². The van der Waals surface area contributed by atoms with E-state index in [1.54, 1.807) is 0 Å². The molecule has 1 heterocycles. The minimum Gasteiger partial charge on any atom is -0.633 e. The number of morpholine rings is 1. The van der Waals surface area contributed by atoms with E-state index in [1.165, 1.54) is 32.1 Å². The molecule has 3 nitrogen and oxygen atoms in total. The largest absolute Gasteiger partial charge is 0.633 e. The molecule has 0 aromatic heterocycles. The smallest absolute Gasteiger partial charge is 0.102 e. The van der Waals surface area contributed by atoms with Crippen LogP contribution in [0.25, 0.3) is 0 Å². The van der Waals surface area contributed by atoms with Gasteiger partial charge < -0.3 is 14.6 Å². The number of unbranched alkanes of at least 4 members (excludes halogenated alkanes) is 5. The number of nitrogens with zero attached hydrogens (tertiary/aromatic N) is 1. The number of hydroxylamine groups is 3. The summed E-state index contributed by atoms with van der Waals surface area (Å²) in [5.41, 5.74) is 0. The third-order valence-corrected chi connectivity index (χ3v) is 3.21. The fraction of sp³-hybridized carbons (Fsp3) is 1.00. The maximum Gasteiger partial charge on any atom is 0.102 e. The molecule has 0 spiro atoms. The van der Waals surface area contributed by atoms with Gasteiger partial charge >= 0.3 is 0 Å². The Morgan fingerprint density at radius 3 is 2.27 bits per heavy atom. The minimum absolute atomic E-state index is 0.00617. The van der Waals surface area contributed by atoms with Crippen molar-refractivity contribution in [1.82, 2.24) is 0 Å². The van der Waals surface area contributed by atoms with E-state index in [2.05, 4.69) is 6.92 Å². The van der Waals surface area contributed by atoms with Crippen LogP contribution in [0.1, 0.15) is 45.4 Å². The average molecular weight is 215 g/mol. The number of hydrogen-bond acceptors (Lipinski definition) is 2. The summed E-state index contributed by atoms with van der Waals surface area (Å²) < 4.78 is 5.20. The first-order chi connectivity index (χ1) is 7.27. The molecule has 1 aliphatic rings. The van der Waals surface area contributed by atoms with E-state index in [9.17, 15) is 5.21 Å². The zero-order valence-electron chi connectivity index (χ0n) is 10.0. The molecule has 0 N–H and O–H groups in total. The summed E-state index contributed by atoms with van der Waals surface area (Å²) in [4.78, 5) is 0. The summed E-state index contributed by atoms with van der Waals surface area (Å²) in [6.45, 7) is 5.66. The van der Waals surface area contributed by atoms with Gasteiger partial charge in [-0.05, 0) is 12.8 Å². The zero-order valence-corrected chi connectivity index (χ0v) is 10.0. The zero-order chi connectivity index (χ0) is 11.0. The van der Waals surface area contributed by atoms with Gasteiger partial charge in [0.2, 0.25) is 0 Å². The first kappa shape index (κ1) is 12.9. The average Bonchev–Trinajstić information content (AvgIpc) is 2.24. The molecule has 0 aromatic carbocycles. The summed E-state index contributed by atoms with van der Waals surface area (Å²) in [6, 6.07) is 0. The van der Waals surface area contributed by atoms with Crippen molar-refractivity contribution in [2.75, 3.05) is 32.8 Å². The number of quaternary nitrogens is 1. The SMILES string of the molecule is CCCCCCCC[N+]1([O-])CCOCC1. The van der Waals surface area contributed by atoms with Crippen LogP contribution < -0.4 is 0 Å². The van der Waals surface area contributed by atoms with Gasteiger partial charge in [0.05, 0.1) is 19.8 Å². The Labute approximate surface area is 93.6 Å². The van der Waals surface area contributed by atoms with Crippen molar-refractivity contribution in [3.05, 3.63) is 5.21 Å². The Bertz CT molecular complexity index is 156. The summed E-state index contributed by atoms with van der Waals surface area (Å²) >= 11 is 0. The Morgan fingerprint density at radius 2 is 1.60 bits per heavy atom. The van der Waals surface area contributed by atoms with Crippen molar-refractivity contribution in [3.8, 4) is 0 Å². The lowest BCUT2D eigenvalue weighted by Crippen LogP contribution is -2.50. The molecule has 0 amide bonds. The van der Waals surface area contributed by atoms with Crippen molar-refractivity contribution in [2.45, 2.75) is 45.4 Å². The molecule has 3 heteroatoms. The van der Waals surface area contributed by atoms with E-state index in [0.29, 0.717) is 26.3 Å². The molecule has 1 saturated heterocycles. The van der Waals surface area contributed by atoms with Gasteiger partial charge in [-0.3, -0.25) is 0 Å². The first-order valence-corrected chi connectivity index (χ1v) is 6.42. The van der Waals surface area contributed by atoms with Crippen LogP contribution in [0.4, 0.5) is 0 Å². The Balaban J connectivity index is 1.98. The molecule has 0 aliphatic carbocycles. The summed E-state index contributed by atoms with van der Waals surface area (Å²) in [6.07, 6.45) is 7.57. The molecule has 1 rings (SSSR count). The summed E-state index contributed by atoms with van der Waals surface area (Å²) in [5, 5.41) is 12.1. The lowest BCUT2D eigenvalue weighted by atomic mass is 10.1. The van der Waals surface area contributed by atoms with E-state index in [-0.39, 0.29) is 4.65 Å². The van der Waals surface area contributed by atoms with Gasteiger partial charge in [-0.25, -0.2) is 0 Å². The van der Waals surface area contributed by atoms with Crippen LogP contribution in [-0.4, -0.2) is 37.5 Å². The fourth-order valence-corrected chi connectivity index (χ4v) is 2.08. The van der Waals surface area contributed by atoms with Gasteiger partial charge in [0.1, 0.15) is 13.1 Å². The molecule has 0 aromatic rings. The van der Waals surface area contributed by atoms with Crippen LogP contribution >= 0.6 is 0 Å². The van der Waals surface area contributed by atoms with Crippen LogP contribution in [0.5, 0.6) is 0 Å². The second-order valence-corrected chi connectivity index (χ2v) is 4.61. The maximum absolute atomic E-state index is 12.1. The molecular weight excluding hydrogens is 190 g/mol. The van der Waals surface area contributed by atoms with Gasteiger partial charge in [-0.2, -0.15) is 0 Å². The van der Waals surface area contributed by atoms with Crippen LogP contribution in [0, 0.1) is 5.21 Å². The molecule has 1 aliphatic heterocycles. The third-order valence-electron chi connectivity index (χ3n) is 3.21. The van der Waals surface area contributed by atoms with Crippen molar-refractivity contribution < 1.29 is 9.38 Å². The minimum atomic E-state index is -0.00617. The number of rotatable bonds is 7. The maximum atomic E-state index is 12.1.